The van der Waals surface area contributed by atoms with Gasteiger partial charge in [0, 0.05) is 23.6 Å². The average molecular weight is 264 g/mol. The average Bonchev–Trinajstić information content (AvgIpc) is 2.54. The summed E-state index contributed by atoms with van der Waals surface area (Å²) < 4.78 is 42.2. The summed E-state index contributed by atoms with van der Waals surface area (Å²) in [4.78, 5) is 0. The molecule has 0 heterocycles. The number of aliphatic hydroxyl groups is 1. The third-order valence-electron chi connectivity index (χ3n) is 2.77. The van der Waals surface area contributed by atoms with Crippen molar-refractivity contribution >= 4 is 0 Å². The molecule has 0 bridgehead atoms. The van der Waals surface area contributed by atoms with E-state index in [1.165, 1.54) is 0 Å². The van der Waals surface area contributed by atoms with Crippen LogP contribution in [0, 0.1) is 0 Å². The topological polar surface area (TPSA) is 69.9 Å². The van der Waals surface area contributed by atoms with Crippen LogP contribution in [0.3, 0.4) is 0 Å². The summed E-state index contributed by atoms with van der Waals surface area (Å²) in [6, 6.07) is 0.834. The Labute approximate surface area is 100 Å². The highest BCUT2D eigenvalue weighted by molar-refractivity contribution is 5.59. The van der Waals surface area contributed by atoms with Gasteiger partial charge in [0.25, 0.3) is 6.43 Å². The molecule has 0 fully saturated rings. The molecule has 7 heteroatoms. The molecule has 2 rings (SSSR count). The number of alkyl halides is 3. The van der Waals surface area contributed by atoms with Gasteiger partial charge in [-0.15, -0.1) is 0 Å². The van der Waals surface area contributed by atoms with E-state index in [1.807, 2.05) is 0 Å². The number of hydrogen-bond donors (Lipinski definition) is 3. The third-order valence-corrected chi connectivity index (χ3v) is 2.77. The molecule has 1 aliphatic rings. The van der Waals surface area contributed by atoms with Gasteiger partial charge >= 0.3 is 0 Å². The summed E-state index contributed by atoms with van der Waals surface area (Å²) in [6.07, 6.45) is -6.27. The Morgan fingerprint density at radius 1 is 1.33 bits per heavy atom. The van der Waals surface area contributed by atoms with Gasteiger partial charge in [0.15, 0.2) is 11.5 Å². The number of aliphatic hydroxyl groups excluding tert-OH is 1. The second-order valence-electron chi connectivity index (χ2n) is 4.00. The fourth-order valence-electron chi connectivity index (χ4n) is 2.03. The van der Waals surface area contributed by atoms with Gasteiger partial charge in [-0.25, -0.2) is 13.2 Å². The first-order chi connectivity index (χ1) is 8.41. The molecule has 2 atom stereocenters. The van der Waals surface area contributed by atoms with Crippen molar-refractivity contribution in [3.8, 4) is 17.2 Å². The van der Waals surface area contributed by atoms with Gasteiger partial charge in [0.05, 0.1) is 0 Å². The van der Waals surface area contributed by atoms with Crippen molar-refractivity contribution in [2.45, 2.75) is 25.1 Å². The lowest BCUT2D eigenvalue weighted by Gasteiger charge is -2.14. The standard InChI is InChI=1S/C11H11F3O4/c12-5-1-4-9(10(5)17)6(15)2-7(16)11(4)18-3-8(13)14/h2,5,8,10,15-17H,1,3H2. The quantitative estimate of drug-likeness (QED) is 0.776. The van der Waals surface area contributed by atoms with Crippen LogP contribution in [-0.2, 0) is 6.42 Å². The SMILES string of the molecule is Oc1cc(O)c2c(c1OCC(F)F)CC(F)C2O. The van der Waals surface area contributed by atoms with Crippen molar-refractivity contribution in [3.63, 3.8) is 0 Å². The highest BCUT2D eigenvalue weighted by Crippen LogP contribution is 2.47. The molecule has 1 aliphatic carbocycles. The van der Waals surface area contributed by atoms with Crippen molar-refractivity contribution in [2.24, 2.45) is 0 Å². The highest BCUT2D eigenvalue weighted by Gasteiger charge is 2.37. The number of benzene rings is 1. The second-order valence-corrected chi connectivity index (χ2v) is 4.00. The van der Waals surface area contributed by atoms with E-state index in [1.54, 1.807) is 0 Å². The normalized spacial score (nSPS) is 22.3. The minimum atomic E-state index is -2.75. The monoisotopic (exact) mass is 264 g/mol. The van der Waals surface area contributed by atoms with Gasteiger partial charge in [-0.2, -0.15) is 0 Å². The van der Waals surface area contributed by atoms with Crippen LogP contribution < -0.4 is 4.74 Å². The van der Waals surface area contributed by atoms with Crippen molar-refractivity contribution < 1.29 is 33.2 Å². The third kappa shape index (κ3) is 2.05. The maximum atomic E-state index is 13.4. The van der Waals surface area contributed by atoms with Crippen LogP contribution in [-0.4, -0.2) is 34.5 Å². The minimum absolute atomic E-state index is 0.0214. The molecular formula is C11H11F3O4. The number of halogens is 3. The largest absolute Gasteiger partial charge is 0.507 e. The molecule has 0 saturated heterocycles. The molecule has 4 nitrogen and oxygen atoms in total. The summed E-state index contributed by atoms with van der Waals surface area (Å²) >= 11 is 0. The van der Waals surface area contributed by atoms with E-state index in [0.29, 0.717) is 0 Å². The smallest absolute Gasteiger partial charge is 0.272 e. The van der Waals surface area contributed by atoms with Crippen LogP contribution in [0.2, 0.25) is 0 Å². The number of ether oxygens (including phenoxy) is 1. The van der Waals surface area contributed by atoms with E-state index < -0.39 is 36.8 Å². The molecular weight excluding hydrogens is 253 g/mol. The van der Waals surface area contributed by atoms with Crippen LogP contribution in [0.15, 0.2) is 6.07 Å². The molecule has 0 radical (unpaired) electrons. The number of phenols is 2. The molecule has 2 unspecified atom stereocenters. The Kier molecular flexibility index (Phi) is 3.25. The molecule has 0 spiro atoms. The first-order valence-corrected chi connectivity index (χ1v) is 5.22. The lowest BCUT2D eigenvalue weighted by molar-refractivity contribution is 0.0799. The summed E-state index contributed by atoms with van der Waals surface area (Å²) in [5, 5.41) is 28.5. The molecule has 0 aliphatic heterocycles. The molecule has 0 saturated carbocycles. The van der Waals surface area contributed by atoms with Gasteiger partial charge in [0.1, 0.15) is 24.6 Å². The summed E-state index contributed by atoms with van der Waals surface area (Å²) in [5.74, 6) is -1.37. The second kappa shape index (κ2) is 4.56. The molecule has 100 valence electrons. The Balaban J connectivity index is 2.42. The van der Waals surface area contributed by atoms with Crippen LogP contribution in [0.5, 0.6) is 17.2 Å². The molecule has 3 N–H and O–H groups in total. The summed E-state index contributed by atoms with van der Waals surface area (Å²) in [7, 11) is 0. The van der Waals surface area contributed by atoms with Gasteiger partial charge in [-0.1, -0.05) is 0 Å². The van der Waals surface area contributed by atoms with E-state index in [-0.39, 0.29) is 23.3 Å². The summed E-state index contributed by atoms with van der Waals surface area (Å²) in [6.45, 7) is -0.960. The van der Waals surface area contributed by atoms with E-state index in [9.17, 15) is 28.5 Å². The van der Waals surface area contributed by atoms with Gasteiger partial charge in [-0.3, -0.25) is 0 Å². The zero-order valence-corrected chi connectivity index (χ0v) is 9.11. The van der Waals surface area contributed by atoms with E-state index >= 15 is 0 Å². The number of fused-ring (bicyclic) bond motifs is 1. The maximum absolute atomic E-state index is 13.4. The first kappa shape index (κ1) is 12.8. The fraction of sp³-hybridized carbons (Fsp3) is 0.455. The van der Waals surface area contributed by atoms with Crippen molar-refractivity contribution in [3.05, 3.63) is 17.2 Å². The zero-order valence-electron chi connectivity index (χ0n) is 9.11. The molecule has 18 heavy (non-hydrogen) atoms. The van der Waals surface area contributed by atoms with Crippen molar-refractivity contribution in [1.29, 1.82) is 0 Å². The predicted molar refractivity (Wildman–Crippen MR) is 54.8 cm³/mol. The summed E-state index contributed by atoms with van der Waals surface area (Å²) in [5.41, 5.74) is -0.0993. The van der Waals surface area contributed by atoms with Gasteiger partial charge in [0.2, 0.25) is 0 Å². The van der Waals surface area contributed by atoms with Gasteiger partial charge in [-0.05, 0) is 0 Å². The van der Waals surface area contributed by atoms with E-state index in [0.717, 1.165) is 6.07 Å². The van der Waals surface area contributed by atoms with Crippen LogP contribution in [0.25, 0.3) is 0 Å². The molecule has 1 aromatic carbocycles. The maximum Gasteiger partial charge on any atom is 0.272 e. The number of hydrogen-bond acceptors (Lipinski definition) is 4. The molecule has 0 aromatic heterocycles. The Bertz CT molecular complexity index is 464. The molecule has 1 aromatic rings. The number of aromatic hydroxyl groups is 2. The lowest BCUT2D eigenvalue weighted by atomic mass is 10.1. The van der Waals surface area contributed by atoms with Gasteiger partial charge < -0.3 is 20.1 Å². The van der Waals surface area contributed by atoms with Crippen molar-refractivity contribution in [1.82, 2.24) is 0 Å². The first-order valence-electron chi connectivity index (χ1n) is 5.22. The molecule has 0 amide bonds. The highest BCUT2D eigenvalue weighted by atomic mass is 19.3. The zero-order chi connectivity index (χ0) is 13.4. The minimum Gasteiger partial charge on any atom is -0.507 e. The Morgan fingerprint density at radius 3 is 2.61 bits per heavy atom. The van der Waals surface area contributed by atoms with Crippen molar-refractivity contribution in [2.75, 3.05) is 6.61 Å². The van der Waals surface area contributed by atoms with Crippen LogP contribution >= 0.6 is 0 Å². The van der Waals surface area contributed by atoms with E-state index in [2.05, 4.69) is 0 Å². The Morgan fingerprint density at radius 2 is 2.00 bits per heavy atom. The van der Waals surface area contributed by atoms with Crippen LogP contribution in [0.1, 0.15) is 17.2 Å². The number of rotatable bonds is 3. The Hall–Kier alpha value is -1.63. The lowest BCUT2D eigenvalue weighted by Crippen LogP contribution is -2.08. The van der Waals surface area contributed by atoms with E-state index in [4.69, 9.17) is 4.74 Å². The predicted octanol–water partition coefficient (Wildman–Crippen LogP) is 1.67. The number of phenolic OH excluding ortho intramolecular Hbond substituents is 2. The fourth-order valence-corrected chi connectivity index (χ4v) is 2.03. The van der Waals surface area contributed by atoms with Crippen LogP contribution in [0.4, 0.5) is 13.2 Å².